The van der Waals surface area contributed by atoms with Gasteiger partial charge < -0.3 is 10.2 Å². The van der Waals surface area contributed by atoms with Gasteiger partial charge in [-0.2, -0.15) is 0 Å². The van der Waals surface area contributed by atoms with Crippen molar-refractivity contribution in [3.8, 4) is 0 Å². The van der Waals surface area contributed by atoms with Crippen LogP contribution >= 0.6 is 0 Å². The van der Waals surface area contributed by atoms with Crippen LogP contribution in [-0.2, 0) is 0 Å². The fourth-order valence-corrected chi connectivity index (χ4v) is 3.10. The molecule has 1 aromatic rings. The summed E-state index contributed by atoms with van der Waals surface area (Å²) in [6, 6.07) is 11.4. The molecular formula is C15H21N3. The van der Waals surface area contributed by atoms with Crippen LogP contribution in [0.1, 0.15) is 31.2 Å². The van der Waals surface area contributed by atoms with E-state index < -0.39 is 0 Å². The van der Waals surface area contributed by atoms with Crippen molar-refractivity contribution in [1.82, 2.24) is 10.2 Å². The van der Waals surface area contributed by atoms with Gasteiger partial charge in [-0.3, -0.25) is 4.99 Å². The second-order valence-corrected chi connectivity index (χ2v) is 5.23. The second kappa shape index (κ2) is 5.01. The molecule has 0 spiro atoms. The molecule has 3 nitrogen and oxygen atoms in total. The number of nitrogens with zero attached hydrogens (tertiary/aromatic N) is 2. The zero-order valence-corrected chi connectivity index (χ0v) is 11.0. The summed E-state index contributed by atoms with van der Waals surface area (Å²) in [6.07, 6.45) is 2.39. The molecule has 0 saturated carbocycles. The van der Waals surface area contributed by atoms with Crippen molar-refractivity contribution in [3.63, 3.8) is 0 Å². The van der Waals surface area contributed by atoms with Crippen molar-refractivity contribution < 1.29 is 0 Å². The van der Waals surface area contributed by atoms with E-state index in [1.807, 2.05) is 0 Å². The van der Waals surface area contributed by atoms with Crippen molar-refractivity contribution in [2.45, 2.75) is 31.7 Å². The van der Waals surface area contributed by atoms with Gasteiger partial charge in [-0.05, 0) is 25.3 Å². The molecule has 2 aliphatic heterocycles. The van der Waals surface area contributed by atoms with Crippen molar-refractivity contribution >= 4 is 5.96 Å². The van der Waals surface area contributed by atoms with Crippen LogP contribution in [0.15, 0.2) is 35.3 Å². The Labute approximate surface area is 109 Å². The second-order valence-electron chi connectivity index (χ2n) is 5.23. The van der Waals surface area contributed by atoms with Gasteiger partial charge in [0.1, 0.15) is 0 Å². The van der Waals surface area contributed by atoms with Crippen LogP contribution in [0.4, 0.5) is 0 Å². The molecule has 2 atom stereocenters. The summed E-state index contributed by atoms with van der Waals surface area (Å²) >= 11 is 0. The molecule has 3 rings (SSSR count). The fraction of sp³-hybridized carbons (Fsp3) is 0.533. The van der Waals surface area contributed by atoms with Crippen LogP contribution in [-0.4, -0.2) is 36.5 Å². The molecular weight excluding hydrogens is 222 g/mol. The maximum absolute atomic E-state index is 4.62. The Bertz CT molecular complexity index is 427. The van der Waals surface area contributed by atoms with E-state index in [0.717, 1.165) is 32.0 Å². The van der Waals surface area contributed by atoms with Crippen molar-refractivity contribution in [2.24, 2.45) is 4.99 Å². The van der Waals surface area contributed by atoms with Crippen LogP contribution in [0.25, 0.3) is 0 Å². The average molecular weight is 243 g/mol. The number of nitrogens with one attached hydrogen (secondary N) is 1. The third-order valence-corrected chi connectivity index (χ3v) is 4.13. The van der Waals surface area contributed by atoms with Gasteiger partial charge in [-0.15, -0.1) is 0 Å². The van der Waals surface area contributed by atoms with Crippen LogP contribution < -0.4 is 5.32 Å². The molecule has 96 valence electrons. The van der Waals surface area contributed by atoms with Crippen molar-refractivity contribution in [1.29, 1.82) is 0 Å². The lowest BCUT2D eigenvalue weighted by Gasteiger charge is -2.30. The average Bonchev–Trinajstić information content (AvgIpc) is 2.83. The summed E-state index contributed by atoms with van der Waals surface area (Å²) < 4.78 is 0. The highest BCUT2D eigenvalue weighted by atomic mass is 15.3. The first-order valence-corrected chi connectivity index (χ1v) is 6.96. The number of hydrogen-bond donors (Lipinski definition) is 1. The molecule has 18 heavy (non-hydrogen) atoms. The number of guanidine groups is 1. The molecule has 2 heterocycles. The third kappa shape index (κ3) is 2.09. The number of aliphatic imine (C=N–C) groups is 1. The minimum Gasteiger partial charge on any atom is -0.356 e. The standard InChI is InChI=1S/C15H21N3/c1-12-14(13-6-3-2-4-7-13)8-11-18(12)15-16-9-5-10-17-15/h2-4,6-7,12,14H,5,8-11H2,1H3,(H,16,17)/t12-,14+/m0/s1. The number of hydrogen-bond acceptors (Lipinski definition) is 3. The van der Waals surface area contributed by atoms with Gasteiger partial charge >= 0.3 is 0 Å². The Hall–Kier alpha value is -1.51. The summed E-state index contributed by atoms with van der Waals surface area (Å²) in [7, 11) is 0. The quantitative estimate of drug-likeness (QED) is 0.819. The molecule has 0 radical (unpaired) electrons. The molecule has 0 bridgehead atoms. The molecule has 0 aliphatic carbocycles. The van der Waals surface area contributed by atoms with E-state index in [0.29, 0.717) is 12.0 Å². The maximum Gasteiger partial charge on any atom is 0.194 e. The van der Waals surface area contributed by atoms with Gasteiger partial charge in [0.25, 0.3) is 0 Å². The summed E-state index contributed by atoms with van der Waals surface area (Å²) in [5, 5.41) is 3.44. The Kier molecular flexibility index (Phi) is 3.22. The largest absolute Gasteiger partial charge is 0.356 e. The molecule has 0 amide bonds. The number of rotatable bonds is 1. The van der Waals surface area contributed by atoms with E-state index in [1.54, 1.807) is 0 Å². The molecule has 1 aromatic carbocycles. The van der Waals surface area contributed by atoms with Gasteiger partial charge in [0.15, 0.2) is 5.96 Å². The van der Waals surface area contributed by atoms with Gasteiger partial charge in [-0.1, -0.05) is 30.3 Å². The lowest BCUT2D eigenvalue weighted by Crippen LogP contribution is -2.46. The normalized spacial score (nSPS) is 27.8. The lowest BCUT2D eigenvalue weighted by atomic mass is 9.93. The minimum absolute atomic E-state index is 0.539. The fourth-order valence-electron chi connectivity index (χ4n) is 3.10. The lowest BCUT2D eigenvalue weighted by molar-refractivity contribution is 0.376. The van der Waals surface area contributed by atoms with E-state index in [2.05, 4.69) is 52.5 Å². The zero-order valence-electron chi connectivity index (χ0n) is 11.0. The van der Waals surface area contributed by atoms with E-state index in [4.69, 9.17) is 0 Å². The third-order valence-electron chi connectivity index (χ3n) is 4.13. The number of benzene rings is 1. The van der Waals surface area contributed by atoms with E-state index in [9.17, 15) is 0 Å². The highest BCUT2D eigenvalue weighted by molar-refractivity contribution is 5.81. The van der Waals surface area contributed by atoms with Crippen LogP contribution in [0.5, 0.6) is 0 Å². The molecule has 0 aromatic heterocycles. The van der Waals surface area contributed by atoms with Gasteiger partial charge in [0.05, 0.1) is 0 Å². The van der Waals surface area contributed by atoms with Gasteiger partial charge in [-0.25, -0.2) is 0 Å². The Morgan fingerprint density at radius 2 is 2.11 bits per heavy atom. The van der Waals surface area contributed by atoms with Crippen LogP contribution in [0.2, 0.25) is 0 Å². The van der Waals surface area contributed by atoms with E-state index >= 15 is 0 Å². The predicted molar refractivity (Wildman–Crippen MR) is 74.9 cm³/mol. The number of likely N-dealkylation sites (tertiary alicyclic amines) is 1. The highest BCUT2D eigenvalue weighted by Crippen LogP contribution is 2.33. The molecule has 1 N–H and O–H groups in total. The highest BCUT2D eigenvalue weighted by Gasteiger charge is 2.33. The minimum atomic E-state index is 0.539. The molecule has 1 saturated heterocycles. The van der Waals surface area contributed by atoms with Gasteiger partial charge in [0, 0.05) is 31.6 Å². The first-order valence-electron chi connectivity index (χ1n) is 6.96. The van der Waals surface area contributed by atoms with E-state index in [1.165, 1.54) is 12.0 Å². The summed E-state index contributed by atoms with van der Waals surface area (Å²) in [6.45, 7) is 5.48. The first kappa shape index (κ1) is 11.6. The summed E-state index contributed by atoms with van der Waals surface area (Å²) in [4.78, 5) is 7.06. The van der Waals surface area contributed by atoms with E-state index in [-0.39, 0.29) is 0 Å². The Balaban J connectivity index is 1.76. The zero-order chi connectivity index (χ0) is 12.4. The molecule has 2 aliphatic rings. The molecule has 3 heteroatoms. The van der Waals surface area contributed by atoms with Crippen LogP contribution in [0, 0.1) is 0 Å². The van der Waals surface area contributed by atoms with Gasteiger partial charge in [0.2, 0.25) is 0 Å². The Morgan fingerprint density at radius 3 is 2.83 bits per heavy atom. The summed E-state index contributed by atoms with van der Waals surface area (Å²) in [5.41, 5.74) is 1.46. The molecule has 1 fully saturated rings. The maximum atomic E-state index is 4.62. The van der Waals surface area contributed by atoms with Crippen molar-refractivity contribution in [3.05, 3.63) is 35.9 Å². The molecule has 0 unspecified atom stereocenters. The van der Waals surface area contributed by atoms with Crippen molar-refractivity contribution in [2.75, 3.05) is 19.6 Å². The van der Waals surface area contributed by atoms with Crippen LogP contribution in [0.3, 0.4) is 0 Å². The smallest absolute Gasteiger partial charge is 0.194 e. The monoisotopic (exact) mass is 243 g/mol. The summed E-state index contributed by atoms with van der Waals surface area (Å²) in [5.74, 6) is 1.75. The predicted octanol–water partition coefficient (Wildman–Crippen LogP) is 2.21. The SMILES string of the molecule is C[C@H]1[C@H](c2ccccc2)CCN1C1=NCCCN1. The first-order chi connectivity index (χ1) is 8.86. The Morgan fingerprint density at radius 1 is 1.28 bits per heavy atom. The topological polar surface area (TPSA) is 27.6 Å².